The van der Waals surface area contributed by atoms with E-state index in [1.165, 1.54) is 9.13 Å². The Balaban J connectivity index is 1.83. The van der Waals surface area contributed by atoms with E-state index < -0.39 is 12.0 Å². The first-order chi connectivity index (χ1) is 14.3. The predicted octanol–water partition coefficient (Wildman–Crippen LogP) is 2.85. The highest BCUT2D eigenvalue weighted by Gasteiger charge is 2.21. The molecule has 0 fully saturated rings. The molecule has 0 aliphatic rings. The summed E-state index contributed by atoms with van der Waals surface area (Å²) in [7, 11) is 1.68. The number of nitrogens with one attached hydrogen (secondary N) is 1. The quantitative estimate of drug-likeness (QED) is 0.609. The first-order valence-corrected chi connectivity index (χ1v) is 9.96. The molecule has 2 aromatic carbocycles. The maximum absolute atomic E-state index is 12.8. The molecule has 0 unspecified atom stereocenters. The Morgan fingerprint density at radius 1 is 1.03 bits per heavy atom. The van der Waals surface area contributed by atoms with Crippen LogP contribution in [0.25, 0.3) is 11.0 Å². The number of carbonyl (C=O) groups excluding carboxylic acids is 2. The van der Waals surface area contributed by atoms with Gasteiger partial charge in [0.05, 0.1) is 29.6 Å². The van der Waals surface area contributed by atoms with E-state index in [1.54, 1.807) is 20.9 Å². The molecule has 158 valence electrons. The molecule has 1 aromatic heterocycles. The average Bonchev–Trinajstić information content (AvgIpc) is 2.92. The second-order valence-corrected chi connectivity index (χ2v) is 7.69. The second kappa shape index (κ2) is 8.98. The zero-order valence-electron chi connectivity index (χ0n) is 17.7. The first kappa shape index (κ1) is 21.4. The van der Waals surface area contributed by atoms with Crippen molar-refractivity contribution in [3.8, 4) is 0 Å². The summed E-state index contributed by atoms with van der Waals surface area (Å²) in [6.45, 7) is 5.40. The lowest BCUT2D eigenvalue weighted by molar-refractivity contribution is -0.148. The first-order valence-electron chi connectivity index (χ1n) is 9.96. The molecule has 1 N–H and O–H groups in total. The van der Waals surface area contributed by atoms with Crippen LogP contribution in [0.1, 0.15) is 37.4 Å². The van der Waals surface area contributed by atoms with E-state index in [0.29, 0.717) is 5.52 Å². The normalized spacial score (nSPS) is 12.2. The van der Waals surface area contributed by atoms with Crippen molar-refractivity contribution in [2.75, 3.05) is 0 Å². The van der Waals surface area contributed by atoms with Crippen molar-refractivity contribution in [2.45, 2.75) is 45.9 Å². The van der Waals surface area contributed by atoms with E-state index in [-0.39, 0.29) is 30.7 Å². The molecule has 0 aliphatic heterocycles. The molecule has 0 saturated heterocycles. The molecule has 1 amide bonds. The predicted molar refractivity (Wildman–Crippen MR) is 115 cm³/mol. The third-order valence-corrected chi connectivity index (χ3v) is 4.91. The Morgan fingerprint density at radius 2 is 1.67 bits per heavy atom. The average molecular weight is 409 g/mol. The lowest BCUT2D eigenvalue weighted by Gasteiger charge is -2.20. The highest BCUT2D eigenvalue weighted by atomic mass is 16.5. The van der Waals surface area contributed by atoms with Gasteiger partial charge in [-0.05, 0) is 38.5 Å². The van der Waals surface area contributed by atoms with Gasteiger partial charge in [-0.25, -0.2) is 4.79 Å². The standard InChI is InChI=1S/C23H27N3O4/c1-15(2)30-22(28)13-18(17-11-9-16(3)10-12-17)24-21(27)14-26-20-8-6-5-7-19(20)25(4)23(26)29/h5-12,15,18H,13-14H2,1-4H3,(H,24,27)/t18-/m0/s1. The Labute approximate surface area is 175 Å². The number of aromatic nitrogens is 2. The molecular weight excluding hydrogens is 382 g/mol. The van der Waals surface area contributed by atoms with E-state index in [2.05, 4.69) is 5.32 Å². The van der Waals surface area contributed by atoms with Crippen molar-refractivity contribution in [1.82, 2.24) is 14.5 Å². The van der Waals surface area contributed by atoms with Crippen LogP contribution >= 0.6 is 0 Å². The molecule has 0 aliphatic carbocycles. The van der Waals surface area contributed by atoms with E-state index in [0.717, 1.165) is 16.6 Å². The number of nitrogens with zero attached hydrogens (tertiary/aromatic N) is 2. The Kier molecular flexibility index (Phi) is 6.40. The SMILES string of the molecule is Cc1ccc([C@H](CC(=O)OC(C)C)NC(=O)Cn2c(=O)n(C)c3ccccc32)cc1. The fraction of sp³-hybridized carbons (Fsp3) is 0.348. The monoisotopic (exact) mass is 409 g/mol. The number of carbonyl (C=O) groups is 2. The van der Waals surface area contributed by atoms with Gasteiger partial charge in [0.25, 0.3) is 0 Å². The summed E-state index contributed by atoms with van der Waals surface area (Å²) in [6.07, 6.45) is -0.224. The van der Waals surface area contributed by atoms with Crippen LogP contribution < -0.4 is 11.0 Å². The third kappa shape index (κ3) is 4.79. The Hall–Kier alpha value is -3.35. The Bertz CT molecular complexity index is 1110. The number of esters is 1. The summed E-state index contributed by atoms with van der Waals surface area (Å²) in [6, 6.07) is 14.4. The van der Waals surface area contributed by atoms with E-state index in [1.807, 2.05) is 55.5 Å². The number of amides is 1. The van der Waals surface area contributed by atoms with Crippen molar-refractivity contribution < 1.29 is 14.3 Å². The number of para-hydroxylation sites is 2. The van der Waals surface area contributed by atoms with Crippen LogP contribution in [0.5, 0.6) is 0 Å². The number of imidazole rings is 1. The van der Waals surface area contributed by atoms with Crippen molar-refractivity contribution in [3.05, 3.63) is 70.1 Å². The van der Waals surface area contributed by atoms with Crippen LogP contribution in [0.4, 0.5) is 0 Å². The number of hydrogen-bond acceptors (Lipinski definition) is 4. The Morgan fingerprint density at radius 3 is 2.30 bits per heavy atom. The third-order valence-electron chi connectivity index (χ3n) is 4.91. The summed E-state index contributed by atoms with van der Waals surface area (Å²) in [4.78, 5) is 37.7. The fourth-order valence-corrected chi connectivity index (χ4v) is 3.43. The molecule has 7 nitrogen and oxygen atoms in total. The van der Waals surface area contributed by atoms with Crippen LogP contribution in [0.2, 0.25) is 0 Å². The molecule has 0 radical (unpaired) electrons. The zero-order valence-corrected chi connectivity index (χ0v) is 17.7. The summed E-state index contributed by atoms with van der Waals surface area (Å²) < 4.78 is 8.20. The van der Waals surface area contributed by atoms with Crippen molar-refractivity contribution in [1.29, 1.82) is 0 Å². The van der Waals surface area contributed by atoms with Crippen LogP contribution in [-0.2, 0) is 27.9 Å². The van der Waals surface area contributed by atoms with Gasteiger partial charge < -0.3 is 10.1 Å². The van der Waals surface area contributed by atoms with Crippen molar-refractivity contribution in [3.63, 3.8) is 0 Å². The molecule has 1 atom stereocenters. The zero-order chi connectivity index (χ0) is 21.8. The van der Waals surface area contributed by atoms with E-state index in [4.69, 9.17) is 4.74 Å². The van der Waals surface area contributed by atoms with Gasteiger partial charge in [-0.3, -0.25) is 18.7 Å². The van der Waals surface area contributed by atoms with Gasteiger partial charge >= 0.3 is 11.7 Å². The summed E-state index contributed by atoms with van der Waals surface area (Å²) in [5.41, 5.74) is 3.06. The molecule has 0 bridgehead atoms. The summed E-state index contributed by atoms with van der Waals surface area (Å²) >= 11 is 0. The summed E-state index contributed by atoms with van der Waals surface area (Å²) in [5, 5.41) is 2.90. The molecule has 0 spiro atoms. The number of ether oxygens (including phenoxy) is 1. The van der Waals surface area contributed by atoms with Crippen molar-refractivity contribution >= 4 is 22.9 Å². The van der Waals surface area contributed by atoms with Crippen molar-refractivity contribution in [2.24, 2.45) is 7.05 Å². The molecule has 3 aromatic rings. The molecule has 30 heavy (non-hydrogen) atoms. The smallest absolute Gasteiger partial charge is 0.329 e. The highest BCUT2D eigenvalue weighted by Crippen LogP contribution is 2.19. The minimum absolute atomic E-state index is 0.0113. The highest BCUT2D eigenvalue weighted by molar-refractivity contribution is 5.81. The molecule has 7 heteroatoms. The number of rotatable bonds is 7. The minimum Gasteiger partial charge on any atom is -0.463 e. The van der Waals surface area contributed by atoms with Crippen LogP contribution in [0, 0.1) is 6.92 Å². The van der Waals surface area contributed by atoms with Gasteiger partial charge in [-0.15, -0.1) is 0 Å². The summed E-state index contributed by atoms with van der Waals surface area (Å²) in [5.74, 6) is -0.741. The van der Waals surface area contributed by atoms with Crippen LogP contribution in [0.15, 0.2) is 53.3 Å². The van der Waals surface area contributed by atoms with E-state index in [9.17, 15) is 14.4 Å². The minimum atomic E-state index is -0.546. The fourth-order valence-electron chi connectivity index (χ4n) is 3.43. The maximum Gasteiger partial charge on any atom is 0.329 e. The lowest BCUT2D eigenvalue weighted by atomic mass is 10.0. The number of benzene rings is 2. The van der Waals surface area contributed by atoms with Gasteiger partial charge in [0, 0.05) is 7.05 Å². The number of aryl methyl sites for hydroxylation is 2. The molecule has 0 saturated carbocycles. The molecule has 1 heterocycles. The number of hydrogen-bond donors (Lipinski definition) is 1. The topological polar surface area (TPSA) is 82.3 Å². The van der Waals surface area contributed by atoms with Gasteiger partial charge in [0.1, 0.15) is 6.54 Å². The molecular formula is C23H27N3O4. The molecule has 3 rings (SSSR count). The largest absolute Gasteiger partial charge is 0.463 e. The lowest BCUT2D eigenvalue weighted by Crippen LogP contribution is -2.36. The van der Waals surface area contributed by atoms with E-state index >= 15 is 0 Å². The van der Waals surface area contributed by atoms with Gasteiger partial charge in [0.15, 0.2) is 0 Å². The van der Waals surface area contributed by atoms with Crippen LogP contribution in [-0.4, -0.2) is 27.1 Å². The van der Waals surface area contributed by atoms with Gasteiger partial charge in [-0.1, -0.05) is 42.0 Å². The maximum atomic E-state index is 12.8. The number of fused-ring (bicyclic) bond motifs is 1. The van der Waals surface area contributed by atoms with Crippen LogP contribution in [0.3, 0.4) is 0 Å². The van der Waals surface area contributed by atoms with Gasteiger partial charge in [0.2, 0.25) is 5.91 Å². The second-order valence-electron chi connectivity index (χ2n) is 7.69. The van der Waals surface area contributed by atoms with Gasteiger partial charge in [-0.2, -0.15) is 0 Å².